The maximum Gasteiger partial charge on any atom is 0.238 e. The van der Waals surface area contributed by atoms with Crippen LogP contribution < -0.4 is 15.8 Å². The van der Waals surface area contributed by atoms with Gasteiger partial charge in [-0.2, -0.15) is 0 Å². The molecule has 0 radical (unpaired) electrons. The third-order valence-electron chi connectivity index (χ3n) is 3.51. The first kappa shape index (κ1) is 21.0. The number of anilines is 1. The van der Waals surface area contributed by atoms with Crippen LogP contribution in [0.5, 0.6) is 5.75 Å². The van der Waals surface area contributed by atoms with E-state index in [0.29, 0.717) is 32.8 Å². The van der Waals surface area contributed by atoms with Crippen molar-refractivity contribution < 1.29 is 9.53 Å². The number of ether oxygens (including phenoxy) is 1. The molecule has 136 valence electrons. The molecule has 2 rings (SSSR count). The highest BCUT2D eigenvalue weighted by molar-refractivity contribution is 5.92. The number of nitrogens with one attached hydrogen (secondary N) is 1. The Bertz CT molecular complexity index is 620. The summed E-state index contributed by atoms with van der Waals surface area (Å²) < 4.78 is 5.39. The lowest BCUT2D eigenvalue weighted by Gasteiger charge is -2.21. The number of carbonyl (C=O) groups is 1. The number of carbonyl (C=O) groups excluding carboxylic acids is 1. The van der Waals surface area contributed by atoms with E-state index >= 15 is 0 Å². The zero-order valence-electron chi connectivity index (χ0n) is 14.5. The largest absolute Gasteiger partial charge is 0.494 e. The van der Waals surface area contributed by atoms with Crippen LogP contribution in [0.3, 0.4) is 0 Å². The molecule has 0 heterocycles. The predicted octanol–water partition coefficient (Wildman–Crippen LogP) is 2.91. The fourth-order valence-electron chi connectivity index (χ4n) is 2.44. The molecule has 0 bridgehead atoms. The number of nitrogens with two attached hydrogens (primary N) is 1. The lowest BCUT2D eigenvalue weighted by Crippen LogP contribution is -2.36. The average Bonchev–Trinajstić information content (AvgIpc) is 2.58. The summed E-state index contributed by atoms with van der Waals surface area (Å²) in [5.74, 6) is 0.743. The van der Waals surface area contributed by atoms with Crippen LogP contribution in [-0.2, 0) is 11.3 Å². The second kappa shape index (κ2) is 11.5. The first-order valence-electron chi connectivity index (χ1n) is 8.20. The first-order valence-corrected chi connectivity index (χ1v) is 8.20. The number of amides is 1. The molecule has 25 heavy (non-hydrogen) atoms. The lowest BCUT2D eigenvalue weighted by atomic mass is 10.2. The highest BCUT2D eigenvalue weighted by atomic mass is 35.5. The molecule has 0 fully saturated rings. The molecule has 6 heteroatoms. The molecule has 3 N–H and O–H groups in total. The SMILES string of the molecule is CCOc1ccc(NC(=O)CN(CCN)Cc2ccccc2)cc1.Cl. The number of nitrogens with zero attached hydrogens (tertiary/aromatic N) is 1. The minimum atomic E-state index is -0.0523. The van der Waals surface area contributed by atoms with Crippen molar-refractivity contribution in [1.82, 2.24) is 4.90 Å². The molecular formula is C19H26ClN3O2. The zero-order valence-corrected chi connectivity index (χ0v) is 15.3. The van der Waals surface area contributed by atoms with Crippen LogP contribution in [0.15, 0.2) is 54.6 Å². The van der Waals surface area contributed by atoms with Crippen LogP contribution in [0.4, 0.5) is 5.69 Å². The summed E-state index contributed by atoms with van der Waals surface area (Å²) >= 11 is 0. The maximum atomic E-state index is 12.3. The number of benzene rings is 2. The number of hydrogen-bond donors (Lipinski definition) is 2. The van der Waals surface area contributed by atoms with Gasteiger partial charge in [0.05, 0.1) is 13.2 Å². The van der Waals surface area contributed by atoms with Crippen molar-refractivity contribution in [2.45, 2.75) is 13.5 Å². The van der Waals surface area contributed by atoms with E-state index in [2.05, 4.69) is 5.32 Å². The van der Waals surface area contributed by atoms with Gasteiger partial charge in [-0.1, -0.05) is 30.3 Å². The standard InChI is InChI=1S/C19H25N3O2.ClH/c1-2-24-18-10-8-17(9-11-18)21-19(23)15-22(13-12-20)14-16-6-4-3-5-7-16;/h3-11H,2,12-15,20H2,1H3,(H,21,23);1H. The van der Waals surface area contributed by atoms with E-state index in [1.807, 2.05) is 66.4 Å². The van der Waals surface area contributed by atoms with Gasteiger partial charge in [-0.3, -0.25) is 9.69 Å². The summed E-state index contributed by atoms with van der Waals surface area (Å²) in [4.78, 5) is 14.3. The monoisotopic (exact) mass is 363 g/mol. The Labute approximate surface area is 155 Å². The van der Waals surface area contributed by atoms with Crippen molar-refractivity contribution in [2.24, 2.45) is 5.73 Å². The van der Waals surface area contributed by atoms with Crippen LogP contribution >= 0.6 is 12.4 Å². The number of hydrogen-bond acceptors (Lipinski definition) is 4. The van der Waals surface area contributed by atoms with E-state index in [1.54, 1.807) is 0 Å². The summed E-state index contributed by atoms with van der Waals surface area (Å²) in [6.45, 7) is 4.76. The lowest BCUT2D eigenvalue weighted by molar-refractivity contribution is -0.117. The van der Waals surface area contributed by atoms with Gasteiger partial charge in [0.25, 0.3) is 0 Å². The molecule has 0 saturated carbocycles. The van der Waals surface area contributed by atoms with E-state index in [0.717, 1.165) is 11.4 Å². The van der Waals surface area contributed by atoms with Gasteiger partial charge in [0.15, 0.2) is 0 Å². The molecule has 1 amide bonds. The van der Waals surface area contributed by atoms with Crippen molar-refractivity contribution in [1.29, 1.82) is 0 Å². The number of rotatable bonds is 9. The second-order valence-corrected chi connectivity index (χ2v) is 5.49. The Morgan fingerprint density at radius 3 is 2.40 bits per heavy atom. The van der Waals surface area contributed by atoms with Gasteiger partial charge in [-0.25, -0.2) is 0 Å². The maximum absolute atomic E-state index is 12.3. The molecule has 2 aromatic rings. The van der Waals surface area contributed by atoms with Crippen molar-refractivity contribution >= 4 is 24.0 Å². The van der Waals surface area contributed by atoms with E-state index in [-0.39, 0.29) is 18.3 Å². The average molecular weight is 364 g/mol. The molecular weight excluding hydrogens is 338 g/mol. The third kappa shape index (κ3) is 7.56. The zero-order chi connectivity index (χ0) is 17.2. The van der Waals surface area contributed by atoms with Crippen LogP contribution in [0, 0.1) is 0 Å². The summed E-state index contributed by atoms with van der Waals surface area (Å²) in [5.41, 5.74) is 7.60. The Hall–Kier alpha value is -2.08. The van der Waals surface area contributed by atoms with Crippen LogP contribution in [-0.4, -0.2) is 37.0 Å². The molecule has 0 aliphatic rings. The third-order valence-corrected chi connectivity index (χ3v) is 3.51. The fraction of sp³-hybridized carbons (Fsp3) is 0.316. The van der Waals surface area contributed by atoms with E-state index in [4.69, 9.17) is 10.5 Å². The highest BCUT2D eigenvalue weighted by Crippen LogP contribution is 2.15. The second-order valence-electron chi connectivity index (χ2n) is 5.49. The first-order chi connectivity index (χ1) is 11.7. The topological polar surface area (TPSA) is 67.6 Å². The van der Waals surface area contributed by atoms with Gasteiger partial charge in [0.2, 0.25) is 5.91 Å². The quantitative estimate of drug-likeness (QED) is 0.718. The molecule has 0 spiro atoms. The van der Waals surface area contributed by atoms with Crippen LogP contribution in [0.1, 0.15) is 12.5 Å². The van der Waals surface area contributed by atoms with Gasteiger partial charge >= 0.3 is 0 Å². The molecule has 0 aliphatic heterocycles. The smallest absolute Gasteiger partial charge is 0.238 e. The molecule has 5 nitrogen and oxygen atoms in total. The van der Waals surface area contributed by atoms with Gasteiger partial charge in [-0.15, -0.1) is 12.4 Å². The van der Waals surface area contributed by atoms with E-state index in [9.17, 15) is 4.79 Å². The van der Waals surface area contributed by atoms with Crippen molar-refractivity contribution in [3.63, 3.8) is 0 Å². The normalized spacial score (nSPS) is 10.2. The molecule has 0 aliphatic carbocycles. The fourth-order valence-corrected chi connectivity index (χ4v) is 2.44. The molecule has 0 atom stereocenters. The Balaban J connectivity index is 0.00000312. The minimum Gasteiger partial charge on any atom is -0.494 e. The summed E-state index contributed by atoms with van der Waals surface area (Å²) in [5, 5.41) is 2.91. The van der Waals surface area contributed by atoms with Crippen LogP contribution in [0.2, 0.25) is 0 Å². The van der Waals surface area contributed by atoms with Crippen molar-refractivity contribution in [3.8, 4) is 5.75 Å². The van der Waals surface area contributed by atoms with Gasteiger partial charge in [0.1, 0.15) is 5.75 Å². The van der Waals surface area contributed by atoms with Crippen LogP contribution in [0.25, 0.3) is 0 Å². The molecule has 0 unspecified atom stereocenters. The molecule has 0 saturated heterocycles. The summed E-state index contributed by atoms with van der Waals surface area (Å²) in [6.07, 6.45) is 0. The molecule has 0 aromatic heterocycles. The summed E-state index contributed by atoms with van der Waals surface area (Å²) in [6, 6.07) is 17.4. The Kier molecular flexibility index (Phi) is 9.62. The van der Waals surface area contributed by atoms with Gasteiger partial charge in [-0.05, 0) is 36.8 Å². The van der Waals surface area contributed by atoms with Gasteiger partial charge < -0.3 is 15.8 Å². The highest BCUT2D eigenvalue weighted by Gasteiger charge is 2.11. The van der Waals surface area contributed by atoms with Gasteiger partial charge in [0, 0.05) is 25.3 Å². The molecule has 2 aromatic carbocycles. The van der Waals surface area contributed by atoms with E-state index < -0.39 is 0 Å². The van der Waals surface area contributed by atoms with Crippen molar-refractivity contribution in [3.05, 3.63) is 60.2 Å². The minimum absolute atomic E-state index is 0. The summed E-state index contributed by atoms with van der Waals surface area (Å²) in [7, 11) is 0. The Morgan fingerprint density at radius 1 is 1.12 bits per heavy atom. The Morgan fingerprint density at radius 2 is 1.80 bits per heavy atom. The number of halogens is 1. The van der Waals surface area contributed by atoms with Crippen molar-refractivity contribution in [2.75, 3.05) is 31.6 Å². The van der Waals surface area contributed by atoms with E-state index in [1.165, 1.54) is 5.56 Å². The predicted molar refractivity (Wildman–Crippen MR) is 104 cm³/mol.